The average Bonchev–Trinajstić information content (AvgIpc) is 3.55. The Labute approximate surface area is 205 Å². The molecule has 0 radical (unpaired) electrons. The number of anilines is 1. The number of thiazole rings is 1. The Balaban J connectivity index is 1.66. The van der Waals surface area contributed by atoms with Gasteiger partial charge in [0, 0.05) is 40.5 Å². The second kappa shape index (κ2) is 9.17. The third kappa shape index (κ3) is 4.09. The summed E-state index contributed by atoms with van der Waals surface area (Å²) < 4.78 is 0. The molecule has 3 aromatic carbocycles. The Kier molecular flexibility index (Phi) is 5.90. The van der Waals surface area contributed by atoms with Crippen molar-refractivity contribution in [2.24, 2.45) is 11.5 Å². The first kappa shape index (κ1) is 22.5. The van der Waals surface area contributed by atoms with Crippen LogP contribution in [0.4, 0.5) is 5.69 Å². The Morgan fingerprint density at radius 1 is 1.03 bits per heavy atom. The smallest absolute Gasteiger partial charge is 0.284 e. The van der Waals surface area contributed by atoms with Crippen LogP contribution in [0.1, 0.15) is 31.3 Å². The number of nitrogens with zero attached hydrogens (tertiary/aromatic N) is 1. The molecule has 35 heavy (non-hydrogen) atoms. The maximum atomic E-state index is 12.6. The maximum absolute atomic E-state index is 12.6. The Bertz CT molecular complexity index is 1570. The molecule has 5 aromatic rings. The third-order valence-electron chi connectivity index (χ3n) is 6.09. The number of H-pyrrole nitrogens is 1. The number of carbonyl (C=O) groups excluding carboxylic acids is 2. The van der Waals surface area contributed by atoms with E-state index in [0.717, 1.165) is 38.9 Å². The van der Waals surface area contributed by atoms with Crippen LogP contribution in [0.15, 0.2) is 72.2 Å². The van der Waals surface area contributed by atoms with Crippen LogP contribution in [0.2, 0.25) is 0 Å². The standard InChI is InChI=1S/C27H23N5O2S/c1-15-17(7-4-8-22(15)32-26(34)27-30-11-12-35-27)19-9-10-20(25(29)33)24-21(19)13-23(31-24)18-6-3-2-5-16(18)14-28/h2-13,31H,14,28H2,1H3,(H2,29,33)(H,32,34). The van der Waals surface area contributed by atoms with Gasteiger partial charge in [0.15, 0.2) is 5.01 Å². The summed E-state index contributed by atoms with van der Waals surface area (Å²) in [6.07, 6.45) is 1.60. The zero-order valence-electron chi connectivity index (χ0n) is 19.0. The van der Waals surface area contributed by atoms with E-state index in [-0.39, 0.29) is 5.91 Å². The molecule has 0 fully saturated rings. The van der Waals surface area contributed by atoms with Gasteiger partial charge in [-0.05, 0) is 47.4 Å². The number of primary amides is 1. The van der Waals surface area contributed by atoms with Gasteiger partial charge >= 0.3 is 0 Å². The van der Waals surface area contributed by atoms with Gasteiger partial charge < -0.3 is 21.8 Å². The van der Waals surface area contributed by atoms with Crippen molar-refractivity contribution in [2.45, 2.75) is 13.5 Å². The number of hydrogen-bond acceptors (Lipinski definition) is 5. The maximum Gasteiger partial charge on any atom is 0.284 e. The molecule has 0 aliphatic heterocycles. The number of nitrogens with two attached hydrogens (primary N) is 2. The second-order valence-corrected chi connectivity index (χ2v) is 9.02. The molecule has 0 aliphatic rings. The van der Waals surface area contributed by atoms with Crippen molar-refractivity contribution in [3.05, 3.63) is 93.9 Å². The molecule has 0 aliphatic carbocycles. The molecule has 2 heterocycles. The summed E-state index contributed by atoms with van der Waals surface area (Å²) in [6, 6.07) is 19.3. The minimum atomic E-state index is -0.511. The van der Waals surface area contributed by atoms with E-state index < -0.39 is 5.91 Å². The lowest BCUT2D eigenvalue weighted by atomic mass is 9.94. The molecule has 8 heteroatoms. The number of hydrogen-bond donors (Lipinski definition) is 4. The number of rotatable bonds is 6. The number of aromatic nitrogens is 2. The first-order valence-electron chi connectivity index (χ1n) is 11.0. The van der Waals surface area contributed by atoms with Gasteiger partial charge in [-0.3, -0.25) is 9.59 Å². The van der Waals surface area contributed by atoms with Gasteiger partial charge in [0.25, 0.3) is 11.8 Å². The summed E-state index contributed by atoms with van der Waals surface area (Å²) >= 11 is 1.29. The molecule has 0 saturated carbocycles. The highest BCUT2D eigenvalue weighted by atomic mass is 32.1. The molecule has 0 saturated heterocycles. The van der Waals surface area contributed by atoms with Crippen molar-refractivity contribution in [3.63, 3.8) is 0 Å². The summed E-state index contributed by atoms with van der Waals surface area (Å²) in [5, 5.41) is 5.98. The fraction of sp³-hybridized carbons (Fsp3) is 0.0741. The molecule has 7 nitrogen and oxygen atoms in total. The van der Waals surface area contributed by atoms with Crippen molar-refractivity contribution in [1.82, 2.24) is 9.97 Å². The topological polar surface area (TPSA) is 127 Å². The molecule has 2 amide bonds. The van der Waals surface area contributed by atoms with Gasteiger partial charge in [0.1, 0.15) is 0 Å². The van der Waals surface area contributed by atoms with Gasteiger partial charge in [-0.15, -0.1) is 11.3 Å². The molecule has 6 N–H and O–H groups in total. The van der Waals surface area contributed by atoms with Crippen molar-refractivity contribution in [3.8, 4) is 22.4 Å². The number of amides is 2. The quantitative estimate of drug-likeness (QED) is 0.270. The molecular formula is C27H23N5O2S. The van der Waals surface area contributed by atoms with Crippen LogP contribution in [-0.4, -0.2) is 21.8 Å². The fourth-order valence-electron chi connectivity index (χ4n) is 4.34. The lowest BCUT2D eigenvalue weighted by molar-refractivity contribution is 0.0998. The SMILES string of the molecule is Cc1c(NC(=O)c2nccs2)cccc1-c1ccc(C(N)=O)c2[nH]c(-c3ccccc3CN)cc12. The van der Waals surface area contributed by atoms with Crippen LogP contribution < -0.4 is 16.8 Å². The van der Waals surface area contributed by atoms with Crippen LogP contribution in [0.3, 0.4) is 0 Å². The van der Waals surface area contributed by atoms with Crippen molar-refractivity contribution < 1.29 is 9.59 Å². The highest BCUT2D eigenvalue weighted by Crippen LogP contribution is 2.38. The fourth-order valence-corrected chi connectivity index (χ4v) is 4.87. The third-order valence-corrected chi connectivity index (χ3v) is 6.86. The number of carbonyl (C=O) groups is 2. The lowest BCUT2D eigenvalue weighted by Crippen LogP contribution is -2.13. The van der Waals surface area contributed by atoms with Crippen LogP contribution in [0, 0.1) is 6.92 Å². The summed E-state index contributed by atoms with van der Waals surface area (Å²) in [4.78, 5) is 32.3. The zero-order chi connectivity index (χ0) is 24.5. The van der Waals surface area contributed by atoms with Gasteiger partial charge in [-0.25, -0.2) is 4.98 Å². The average molecular weight is 482 g/mol. The Morgan fingerprint density at radius 3 is 2.57 bits per heavy atom. The highest BCUT2D eigenvalue weighted by Gasteiger charge is 2.18. The summed E-state index contributed by atoms with van der Waals surface area (Å²) in [6.45, 7) is 2.35. The van der Waals surface area contributed by atoms with Crippen LogP contribution in [-0.2, 0) is 6.54 Å². The van der Waals surface area contributed by atoms with Crippen molar-refractivity contribution >= 4 is 39.7 Å². The number of nitrogens with one attached hydrogen (secondary N) is 2. The van der Waals surface area contributed by atoms with E-state index in [9.17, 15) is 9.59 Å². The Hall–Kier alpha value is -4.27. The molecule has 5 rings (SSSR count). The largest absolute Gasteiger partial charge is 0.366 e. The van der Waals surface area contributed by atoms with E-state index in [0.29, 0.717) is 28.3 Å². The summed E-state index contributed by atoms with van der Waals surface area (Å²) in [7, 11) is 0. The summed E-state index contributed by atoms with van der Waals surface area (Å²) in [5.74, 6) is -0.764. The highest BCUT2D eigenvalue weighted by molar-refractivity contribution is 7.11. The van der Waals surface area contributed by atoms with Gasteiger partial charge in [-0.1, -0.05) is 42.5 Å². The van der Waals surface area contributed by atoms with E-state index in [1.54, 1.807) is 17.6 Å². The predicted octanol–water partition coefficient (Wildman–Crippen LogP) is 5.08. The minimum Gasteiger partial charge on any atom is -0.366 e. The number of aromatic amines is 1. The summed E-state index contributed by atoms with van der Waals surface area (Å²) in [5.41, 5.74) is 19.0. The van der Waals surface area contributed by atoms with E-state index in [1.165, 1.54) is 11.3 Å². The molecule has 0 unspecified atom stereocenters. The van der Waals surface area contributed by atoms with E-state index in [2.05, 4.69) is 15.3 Å². The van der Waals surface area contributed by atoms with Crippen molar-refractivity contribution in [2.75, 3.05) is 5.32 Å². The van der Waals surface area contributed by atoms with Gasteiger partial charge in [-0.2, -0.15) is 0 Å². The minimum absolute atomic E-state index is 0.253. The van der Waals surface area contributed by atoms with Crippen LogP contribution >= 0.6 is 11.3 Å². The number of fused-ring (bicyclic) bond motifs is 1. The first-order chi connectivity index (χ1) is 17.0. The van der Waals surface area contributed by atoms with Gasteiger partial charge in [0.05, 0.1) is 11.1 Å². The lowest BCUT2D eigenvalue weighted by Gasteiger charge is -2.14. The second-order valence-electron chi connectivity index (χ2n) is 8.13. The normalized spacial score (nSPS) is 11.0. The van der Waals surface area contributed by atoms with Crippen LogP contribution in [0.25, 0.3) is 33.3 Å². The van der Waals surface area contributed by atoms with E-state index >= 15 is 0 Å². The molecule has 174 valence electrons. The molecule has 0 spiro atoms. The van der Waals surface area contributed by atoms with E-state index in [4.69, 9.17) is 11.5 Å². The van der Waals surface area contributed by atoms with E-state index in [1.807, 2.05) is 61.5 Å². The molecule has 0 atom stereocenters. The van der Waals surface area contributed by atoms with Crippen LogP contribution in [0.5, 0.6) is 0 Å². The molecular weight excluding hydrogens is 458 g/mol. The zero-order valence-corrected chi connectivity index (χ0v) is 19.8. The molecule has 0 bridgehead atoms. The number of benzene rings is 3. The van der Waals surface area contributed by atoms with Crippen molar-refractivity contribution in [1.29, 1.82) is 0 Å². The predicted molar refractivity (Wildman–Crippen MR) is 140 cm³/mol. The Morgan fingerprint density at radius 2 is 1.83 bits per heavy atom. The monoisotopic (exact) mass is 481 g/mol. The van der Waals surface area contributed by atoms with Gasteiger partial charge in [0.2, 0.25) is 0 Å². The molecule has 2 aromatic heterocycles. The first-order valence-corrected chi connectivity index (χ1v) is 11.9.